The van der Waals surface area contributed by atoms with Crippen LogP contribution >= 0.6 is 0 Å². The van der Waals surface area contributed by atoms with Crippen LogP contribution in [0.2, 0.25) is 0 Å². The largest absolute Gasteiger partial charge is 0.507 e. The van der Waals surface area contributed by atoms with Gasteiger partial charge in [-0.25, -0.2) is 0 Å². The monoisotopic (exact) mass is 502 g/mol. The second-order valence-electron chi connectivity index (χ2n) is 8.70. The van der Waals surface area contributed by atoms with Gasteiger partial charge < -0.3 is 33.2 Å². The van der Waals surface area contributed by atoms with Crippen molar-refractivity contribution in [2.24, 2.45) is 0 Å². The Balaban J connectivity index is 1.56. The second kappa shape index (κ2) is 8.77. The molecule has 0 unspecified atom stereocenters. The van der Waals surface area contributed by atoms with E-state index in [0.717, 1.165) is 0 Å². The van der Waals surface area contributed by atoms with Crippen LogP contribution in [0.3, 0.4) is 0 Å². The first-order chi connectivity index (χ1) is 18.0. The number of rotatable bonds is 4. The van der Waals surface area contributed by atoms with E-state index in [0.29, 0.717) is 52.9 Å². The fraction of sp³-hybridized carbons (Fsp3) is 0.214. The Morgan fingerprint density at radius 3 is 2.49 bits per heavy atom. The van der Waals surface area contributed by atoms with Crippen molar-refractivity contribution in [3.05, 3.63) is 70.1 Å². The summed E-state index contributed by atoms with van der Waals surface area (Å²) >= 11 is 0. The predicted molar refractivity (Wildman–Crippen MR) is 132 cm³/mol. The summed E-state index contributed by atoms with van der Waals surface area (Å²) in [5, 5.41) is 10.8. The quantitative estimate of drug-likeness (QED) is 0.320. The Morgan fingerprint density at radius 1 is 0.946 bits per heavy atom. The molecule has 9 heteroatoms. The zero-order valence-electron chi connectivity index (χ0n) is 20.0. The van der Waals surface area contributed by atoms with Crippen LogP contribution in [0.5, 0.6) is 34.5 Å². The highest BCUT2D eigenvalue weighted by molar-refractivity contribution is 5.94. The molecule has 0 spiro atoms. The molecule has 1 atom stereocenters. The molecule has 0 radical (unpaired) electrons. The minimum Gasteiger partial charge on any atom is -0.507 e. The summed E-state index contributed by atoms with van der Waals surface area (Å²) < 4.78 is 33.7. The van der Waals surface area contributed by atoms with Gasteiger partial charge in [0.25, 0.3) is 0 Å². The number of aromatic hydroxyl groups is 1. The molecule has 1 aromatic heterocycles. The number of ether oxygens (including phenoxy) is 5. The lowest BCUT2D eigenvalue weighted by Crippen LogP contribution is -2.22. The molecule has 6 rings (SSSR count). The highest BCUT2D eigenvalue weighted by Crippen LogP contribution is 2.49. The van der Waals surface area contributed by atoms with E-state index in [2.05, 4.69) is 0 Å². The third kappa shape index (κ3) is 3.70. The maximum Gasteiger partial charge on any atom is 0.312 e. The topological polar surface area (TPSA) is 114 Å². The number of fused-ring (bicyclic) bond motifs is 4. The van der Waals surface area contributed by atoms with Crippen molar-refractivity contribution in [1.29, 1.82) is 0 Å². The number of carbonyl (C=O) groups is 1. The van der Waals surface area contributed by atoms with E-state index in [-0.39, 0.29) is 34.5 Å². The van der Waals surface area contributed by atoms with Crippen LogP contribution in [0, 0.1) is 0 Å². The Labute approximate surface area is 210 Å². The fourth-order valence-corrected chi connectivity index (χ4v) is 4.88. The van der Waals surface area contributed by atoms with Crippen LogP contribution in [0.25, 0.3) is 22.1 Å². The molecular formula is C28H22O9. The van der Waals surface area contributed by atoms with Gasteiger partial charge in [-0.3, -0.25) is 9.59 Å². The number of esters is 1. The van der Waals surface area contributed by atoms with Crippen LogP contribution in [-0.4, -0.2) is 38.5 Å². The summed E-state index contributed by atoms with van der Waals surface area (Å²) in [6, 6.07) is 11.8. The molecule has 37 heavy (non-hydrogen) atoms. The van der Waals surface area contributed by atoms with Gasteiger partial charge >= 0.3 is 5.97 Å². The normalized spacial score (nSPS) is 16.2. The Hall–Kier alpha value is -4.66. The molecule has 0 fully saturated rings. The smallest absolute Gasteiger partial charge is 0.312 e. The molecule has 4 aromatic rings. The summed E-state index contributed by atoms with van der Waals surface area (Å²) in [6.45, 7) is 0.773. The summed E-state index contributed by atoms with van der Waals surface area (Å²) in [5.41, 5.74) is 1.77. The maximum atomic E-state index is 13.6. The number of phenolic OH excluding ortho intramolecular Hbond substituents is 1. The van der Waals surface area contributed by atoms with E-state index < -0.39 is 17.3 Å². The Kier molecular flexibility index (Phi) is 5.40. The second-order valence-corrected chi connectivity index (χ2v) is 8.70. The standard InChI is InChI=1S/C28H22O9/c1-32-16-5-3-14(4-6-16)18-13-36-28-24-17(11-23(30)37-20(24)12-19(29)25(28)26(18)31)15-9-21(33-2)27-22(10-15)34-7-8-35-27/h3-6,9-10,12-13,17,29H,7-8,11H2,1-2H3/t17-/m0/s1. The van der Waals surface area contributed by atoms with E-state index in [1.165, 1.54) is 19.4 Å². The predicted octanol–water partition coefficient (Wildman–Crippen LogP) is 4.40. The van der Waals surface area contributed by atoms with Gasteiger partial charge in [0.15, 0.2) is 11.5 Å². The zero-order valence-corrected chi connectivity index (χ0v) is 20.0. The summed E-state index contributed by atoms with van der Waals surface area (Å²) in [6.07, 6.45) is 1.34. The molecule has 2 aliphatic heterocycles. The molecule has 0 saturated heterocycles. The van der Waals surface area contributed by atoms with E-state index in [4.69, 9.17) is 28.1 Å². The number of hydrogen-bond donors (Lipinski definition) is 1. The first-order valence-electron chi connectivity index (χ1n) is 11.6. The van der Waals surface area contributed by atoms with Crippen LogP contribution in [0.1, 0.15) is 23.5 Å². The van der Waals surface area contributed by atoms with Gasteiger partial charge in [-0.05, 0) is 35.4 Å². The van der Waals surface area contributed by atoms with Crippen LogP contribution in [0.4, 0.5) is 0 Å². The van der Waals surface area contributed by atoms with Gasteiger partial charge in [-0.2, -0.15) is 0 Å². The van der Waals surface area contributed by atoms with Gasteiger partial charge in [-0.1, -0.05) is 12.1 Å². The van der Waals surface area contributed by atoms with Crippen molar-refractivity contribution in [2.75, 3.05) is 27.4 Å². The van der Waals surface area contributed by atoms with Crippen LogP contribution < -0.4 is 29.1 Å². The molecule has 3 aromatic carbocycles. The average molecular weight is 502 g/mol. The van der Waals surface area contributed by atoms with E-state index >= 15 is 0 Å². The molecular weight excluding hydrogens is 480 g/mol. The first-order valence-corrected chi connectivity index (χ1v) is 11.6. The summed E-state index contributed by atoms with van der Waals surface area (Å²) in [4.78, 5) is 26.1. The van der Waals surface area contributed by atoms with Crippen molar-refractivity contribution in [3.8, 4) is 45.6 Å². The van der Waals surface area contributed by atoms with E-state index in [1.807, 2.05) is 0 Å². The minimum absolute atomic E-state index is 0.000439. The number of phenols is 1. The summed E-state index contributed by atoms with van der Waals surface area (Å²) in [7, 11) is 3.08. The molecule has 2 aliphatic rings. The number of methoxy groups -OCH3 is 2. The fourth-order valence-electron chi connectivity index (χ4n) is 4.88. The number of carbonyl (C=O) groups excluding carboxylic acids is 1. The van der Waals surface area contributed by atoms with E-state index in [9.17, 15) is 14.7 Å². The molecule has 0 saturated carbocycles. The minimum atomic E-state index is -0.556. The molecule has 3 heterocycles. The third-order valence-corrected chi connectivity index (χ3v) is 6.62. The molecule has 0 aliphatic carbocycles. The van der Waals surface area contributed by atoms with Crippen molar-refractivity contribution in [3.63, 3.8) is 0 Å². The SMILES string of the molecule is COc1ccc(-c2coc3c4c(cc(O)c3c2=O)OC(=O)C[C@H]4c2cc(OC)c3c(c2)OCCO3)cc1. The molecule has 188 valence electrons. The molecule has 1 N–H and O–H groups in total. The Bertz CT molecular complexity index is 1580. The maximum absolute atomic E-state index is 13.6. The lowest BCUT2D eigenvalue weighted by molar-refractivity contribution is -0.135. The van der Waals surface area contributed by atoms with Crippen LogP contribution in [0.15, 0.2) is 57.9 Å². The van der Waals surface area contributed by atoms with Gasteiger partial charge in [0, 0.05) is 17.5 Å². The highest BCUT2D eigenvalue weighted by Gasteiger charge is 2.35. The number of benzene rings is 3. The zero-order chi connectivity index (χ0) is 25.7. The molecule has 9 nitrogen and oxygen atoms in total. The molecule has 0 amide bonds. The third-order valence-electron chi connectivity index (χ3n) is 6.62. The van der Waals surface area contributed by atoms with Gasteiger partial charge in [0.2, 0.25) is 11.2 Å². The van der Waals surface area contributed by atoms with Crippen molar-refractivity contribution < 1.29 is 38.0 Å². The van der Waals surface area contributed by atoms with E-state index in [1.54, 1.807) is 43.5 Å². The number of hydrogen-bond acceptors (Lipinski definition) is 9. The summed E-state index contributed by atoms with van der Waals surface area (Å²) in [5.74, 6) is 0.826. The van der Waals surface area contributed by atoms with Crippen LogP contribution in [-0.2, 0) is 4.79 Å². The van der Waals surface area contributed by atoms with Gasteiger partial charge in [0.1, 0.15) is 47.7 Å². The lowest BCUT2D eigenvalue weighted by atomic mass is 9.84. The first kappa shape index (κ1) is 22.8. The van der Waals surface area contributed by atoms with Crippen molar-refractivity contribution in [1.82, 2.24) is 0 Å². The lowest BCUT2D eigenvalue weighted by Gasteiger charge is -2.28. The van der Waals surface area contributed by atoms with Gasteiger partial charge in [0.05, 0.1) is 26.2 Å². The average Bonchev–Trinajstić information content (AvgIpc) is 2.92. The van der Waals surface area contributed by atoms with Gasteiger partial charge in [-0.15, -0.1) is 0 Å². The molecule has 0 bridgehead atoms. The highest BCUT2D eigenvalue weighted by atomic mass is 16.6. The van der Waals surface area contributed by atoms with Crippen molar-refractivity contribution >= 4 is 16.9 Å². The Morgan fingerprint density at radius 2 is 1.73 bits per heavy atom. The van der Waals surface area contributed by atoms with Crippen molar-refractivity contribution in [2.45, 2.75) is 12.3 Å².